The zero-order chi connectivity index (χ0) is 36.4. The molecule has 0 radical (unpaired) electrons. The minimum atomic E-state index is -1.34. The highest BCUT2D eigenvalue weighted by Crippen LogP contribution is 2.64. The first-order valence-electron chi connectivity index (χ1n) is 17.3. The Morgan fingerprint density at radius 3 is 1.58 bits per heavy atom. The highest BCUT2D eigenvalue weighted by molar-refractivity contribution is 6.21. The van der Waals surface area contributed by atoms with Gasteiger partial charge in [0.25, 0.3) is 0 Å². The lowest BCUT2D eigenvalue weighted by molar-refractivity contribution is -0.146. The highest BCUT2D eigenvalue weighted by Gasteiger charge is 2.61. The number of carbonyl (C=O) groups is 5. The lowest BCUT2D eigenvalue weighted by atomic mass is 9.58. The van der Waals surface area contributed by atoms with Crippen LogP contribution in [0.25, 0.3) is 0 Å². The summed E-state index contributed by atoms with van der Waals surface area (Å²) >= 11 is 0. The summed E-state index contributed by atoms with van der Waals surface area (Å²) in [5.41, 5.74) is -3.69. The number of carbonyl (C=O) groups excluding carboxylic acids is 5. The second-order valence-corrected chi connectivity index (χ2v) is 17.6. The number of allylic oxidation sites excluding steroid dienone is 4. The molecule has 2 aliphatic carbocycles. The molecule has 0 fully saturated rings. The van der Waals surface area contributed by atoms with Gasteiger partial charge in [-0.1, -0.05) is 41.5 Å². The molecule has 0 unspecified atom stereocenters. The van der Waals surface area contributed by atoms with Crippen LogP contribution in [0.1, 0.15) is 143 Å². The number of phenolic OH excluding ortho intramolecular Hbond substituents is 1. The Labute approximate surface area is 284 Å². The van der Waals surface area contributed by atoms with E-state index in [4.69, 9.17) is 9.47 Å². The van der Waals surface area contributed by atoms with E-state index in [0.717, 1.165) is 0 Å². The lowest BCUT2D eigenvalue weighted by Gasteiger charge is -2.48. The maximum Gasteiger partial charge on any atom is 0.175 e. The van der Waals surface area contributed by atoms with Crippen molar-refractivity contribution in [3.63, 3.8) is 0 Å². The van der Waals surface area contributed by atoms with Crippen LogP contribution in [0.3, 0.4) is 0 Å². The van der Waals surface area contributed by atoms with Gasteiger partial charge in [0.2, 0.25) is 0 Å². The molecule has 48 heavy (non-hydrogen) atoms. The summed E-state index contributed by atoms with van der Waals surface area (Å²) in [6, 6.07) is 0. The summed E-state index contributed by atoms with van der Waals surface area (Å²) < 4.78 is 13.5. The molecular weight excluding hydrogens is 608 g/mol. The molecule has 1 N–H and O–H groups in total. The van der Waals surface area contributed by atoms with E-state index in [2.05, 4.69) is 0 Å². The van der Waals surface area contributed by atoms with E-state index in [1.807, 2.05) is 41.5 Å². The third kappa shape index (κ3) is 4.71. The molecule has 1 aromatic rings. The zero-order valence-corrected chi connectivity index (χ0v) is 31.1. The van der Waals surface area contributed by atoms with E-state index in [1.165, 1.54) is 0 Å². The Hall–Kier alpha value is -3.55. The van der Waals surface area contributed by atoms with Crippen LogP contribution in [0.4, 0.5) is 0 Å². The third-order valence-electron chi connectivity index (χ3n) is 10.9. The first-order valence-corrected chi connectivity index (χ1v) is 17.3. The minimum absolute atomic E-state index is 0.0329. The Morgan fingerprint density at radius 2 is 1.12 bits per heavy atom. The molecule has 1 aromatic carbocycles. The Bertz CT molecular complexity index is 1750. The van der Waals surface area contributed by atoms with Gasteiger partial charge in [0, 0.05) is 40.5 Å². The number of ether oxygens (including phenoxy) is 2. The van der Waals surface area contributed by atoms with Crippen LogP contribution in [0, 0.1) is 39.4 Å². The van der Waals surface area contributed by atoms with Crippen LogP contribution < -0.4 is 9.47 Å². The number of benzene rings is 1. The second-order valence-electron chi connectivity index (χ2n) is 17.6. The van der Waals surface area contributed by atoms with Crippen molar-refractivity contribution >= 4 is 28.9 Å². The summed E-state index contributed by atoms with van der Waals surface area (Å²) in [7, 11) is 0. The van der Waals surface area contributed by atoms with Crippen LogP contribution in [-0.2, 0) is 19.2 Å². The van der Waals surface area contributed by atoms with E-state index >= 15 is 0 Å². The van der Waals surface area contributed by atoms with Crippen molar-refractivity contribution < 1.29 is 38.6 Å². The van der Waals surface area contributed by atoms with E-state index in [1.54, 1.807) is 55.4 Å². The molecule has 5 rings (SSSR count). The number of hydrogen-bond donors (Lipinski definition) is 1. The number of phenols is 1. The summed E-state index contributed by atoms with van der Waals surface area (Å²) in [6.07, 6.45) is 0.554. The molecule has 260 valence electrons. The van der Waals surface area contributed by atoms with Gasteiger partial charge >= 0.3 is 0 Å². The molecule has 2 aliphatic heterocycles. The molecule has 8 heteroatoms. The quantitative estimate of drug-likeness (QED) is 0.239. The maximum atomic E-state index is 14.4. The molecule has 2 heterocycles. The van der Waals surface area contributed by atoms with E-state index in [9.17, 15) is 29.1 Å². The highest BCUT2D eigenvalue weighted by atomic mass is 16.5. The van der Waals surface area contributed by atoms with Crippen LogP contribution in [0.2, 0.25) is 0 Å². The van der Waals surface area contributed by atoms with Crippen molar-refractivity contribution in [1.82, 2.24) is 0 Å². The van der Waals surface area contributed by atoms with Crippen molar-refractivity contribution in [3.8, 4) is 17.2 Å². The monoisotopic (exact) mass is 660 g/mol. The van der Waals surface area contributed by atoms with Crippen molar-refractivity contribution in [2.75, 3.05) is 0 Å². The smallest absolute Gasteiger partial charge is 0.175 e. The molecule has 0 saturated carbocycles. The van der Waals surface area contributed by atoms with Gasteiger partial charge in [0.05, 0.1) is 21.7 Å². The van der Waals surface area contributed by atoms with Gasteiger partial charge in [0.15, 0.2) is 28.9 Å². The summed E-state index contributed by atoms with van der Waals surface area (Å²) in [6.45, 7) is 25.2. The predicted molar refractivity (Wildman–Crippen MR) is 182 cm³/mol. The fourth-order valence-electron chi connectivity index (χ4n) is 8.64. The van der Waals surface area contributed by atoms with Crippen LogP contribution in [0.15, 0.2) is 22.7 Å². The van der Waals surface area contributed by atoms with Crippen molar-refractivity contribution in [2.24, 2.45) is 39.4 Å². The molecule has 0 aromatic heterocycles. The summed E-state index contributed by atoms with van der Waals surface area (Å²) in [5.74, 6) is -2.92. The average molecular weight is 661 g/mol. The molecule has 0 spiro atoms. The van der Waals surface area contributed by atoms with Gasteiger partial charge in [-0.25, -0.2) is 0 Å². The Kier molecular flexibility index (Phi) is 8.18. The van der Waals surface area contributed by atoms with Gasteiger partial charge in [0.1, 0.15) is 34.3 Å². The number of aromatic hydroxyl groups is 1. The molecular formula is C40H52O8. The van der Waals surface area contributed by atoms with E-state index in [-0.39, 0.29) is 87.4 Å². The standard InChI is InChI=1S/C40H52O8/c1-17(2)15-20-23-29(47-33-24(20)31(43)37(7,8)35(45)39(33,11)12)25(21(41)16-18(3)4)28(42)26-22(19(5)6)27-32(44)38(9,10)36(46)40(13,14)34(27)48-30(23)26/h17-20,22,42H,15-16H2,1-14H3/t20-,22-/m0/s1. The van der Waals surface area contributed by atoms with Crippen molar-refractivity contribution in [3.05, 3.63) is 39.4 Å². The topological polar surface area (TPSA) is 124 Å². The fraction of sp³-hybridized carbons (Fsp3) is 0.625. The molecule has 0 saturated heterocycles. The lowest BCUT2D eigenvalue weighted by Crippen LogP contribution is -2.52. The number of hydrogen-bond acceptors (Lipinski definition) is 8. The molecule has 0 bridgehead atoms. The van der Waals surface area contributed by atoms with E-state index in [0.29, 0.717) is 28.7 Å². The normalized spacial score (nSPS) is 25.1. The van der Waals surface area contributed by atoms with Gasteiger partial charge in [-0.3, -0.25) is 24.0 Å². The van der Waals surface area contributed by atoms with Crippen molar-refractivity contribution in [1.29, 1.82) is 0 Å². The Morgan fingerprint density at radius 1 is 0.667 bits per heavy atom. The summed E-state index contributed by atoms with van der Waals surface area (Å²) in [4.78, 5) is 70.7. The average Bonchev–Trinajstić information content (AvgIpc) is 2.96. The van der Waals surface area contributed by atoms with Crippen molar-refractivity contribution in [2.45, 2.75) is 122 Å². The van der Waals surface area contributed by atoms with Gasteiger partial charge in [-0.05, 0) is 79.6 Å². The first-order chi connectivity index (χ1) is 21.8. The molecule has 0 amide bonds. The SMILES string of the molecule is CC(C)CC(=O)c1c(O)c2c(c3c1OC1=C(C(=O)C(C)(C)C(=O)C1(C)C)[C@H]3CC(C)C)OC1=C(C(=O)C(C)(C)C(=O)C1(C)C)[C@H]2C(C)C. The number of rotatable bonds is 6. The maximum absolute atomic E-state index is 14.4. The third-order valence-corrected chi connectivity index (χ3v) is 10.9. The number of ketones is 5. The van der Waals surface area contributed by atoms with Gasteiger partial charge < -0.3 is 14.6 Å². The summed E-state index contributed by atoms with van der Waals surface area (Å²) in [5, 5.41) is 12.3. The van der Waals surface area contributed by atoms with Gasteiger partial charge in [-0.15, -0.1) is 0 Å². The van der Waals surface area contributed by atoms with Crippen LogP contribution in [-0.4, -0.2) is 34.0 Å². The van der Waals surface area contributed by atoms with Crippen LogP contribution in [0.5, 0.6) is 17.2 Å². The number of fused-ring (bicyclic) bond motifs is 3. The molecule has 4 aliphatic rings. The molecule has 8 nitrogen and oxygen atoms in total. The number of Topliss-reactive ketones (excluding diaryl/α,β-unsaturated/α-hetero) is 5. The second kappa shape index (κ2) is 11.0. The largest absolute Gasteiger partial charge is 0.507 e. The molecule has 2 atom stereocenters. The van der Waals surface area contributed by atoms with Gasteiger partial charge in [-0.2, -0.15) is 0 Å². The first kappa shape index (κ1) is 35.7. The zero-order valence-electron chi connectivity index (χ0n) is 31.1. The predicted octanol–water partition coefficient (Wildman–Crippen LogP) is 8.19. The fourth-order valence-corrected chi connectivity index (χ4v) is 8.64. The Balaban J connectivity index is 1.98. The minimum Gasteiger partial charge on any atom is -0.507 e. The van der Waals surface area contributed by atoms with Crippen LogP contribution >= 0.6 is 0 Å². The van der Waals surface area contributed by atoms with E-state index < -0.39 is 33.5 Å².